The molecule has 1 aromatic heterocycles. The van der Waals surface area contributed by atoms with E-state index in [0.29, 0.717) is 11.1 Å². The van der Waals surface area contributed by atoms with Gasteiger partial charge in [-0.2, -0.15) is 0 Å². The predicted molar refractivity (Wildman–Crippen MR) is 90.3 cm³/mol. The molecule has 0 aliphatic carbocycles. The highest BCUT2D eigenvalue weighted by atomic mass is 35.5. The number of rotatable bonds is 3. The Bertz CT molecular complexity index is 619. The van der Waals surface area contributed by atoms with Gasteiger partial charge in [0.2, 0.25) is 0 Å². The molecule has 22 heavy (non-hydrogen) atoms. The van der Waals surface area contributed by atoms with Gasteiger partial charge in [0, 0.05) is 25.2 Å². The molecule has 1 aliphatic rings. The molecule has 0 spiro atoms. The van der Waals surface area contributed by atoms with E-state index in [-0.39, 0.29) is 6.04 Å². The van der Waals surface area contributed by atoms with Crippen LogP contribution in [0.4, 0.5) is 5.82 Å². The van der Waals surface area contributed by atoms with Crippen LogP contribution in [0.25, 0.3) is 0 Å². The SMILES string of the molecule is CC(N)c1ccc(C2CCN(c3cc(Cl)ncn3)CC2)cc1. The quantitative estimate of drug-likeness (QED) is 0.880. The summed E-state index contributed by atoms with van der Waals surface area (Å²) in [6.45, 7) is 4.00. The first-order valence-electron chi connectivity index (χ1n) is 7.71. The van der Waals surface area contributed by atoms with Crippen LogP contribution < -0.4 is 10.6 Å². The van der Waals surface area contributed by atoms with Crippen molar-refractivity contribution < 1.29 is 0 Å². The lowest BCUT2D eigenvalue weighted by Crippen LogP contribution is -2.33. The van der Waals surface area contributed by atoms with Gasteiger partial charge in [0.05, 0.1) is 0 Å². The summed E-state index contributed by atoms with van der Waals surface area (Å²) in [4.78, 5) is 10.5. The minimum absolute atomic E-state index is 0.0958. The van der Waals surface area contributed by atoms with E-state index in [2.05, 4.69) is 39.1 Å². The number of aromatic nitrogens is 2. The third-order valence-corrected chi connectivity index (χ3v) is 4.58. The van der Waals surface area contributed by atoms with Gasteiger partial charge in [-0.25, -0.2) is 9.97 Å². The lowest BCUT2D eigenvalue weighted by Gasteiger charge is -2.33. The van der Waals surface area contributed by atoms with Crippen LogP contribution in [0.3, 0.4) is 0 Å². The fraction of sp³-hybridized carbons (Fsp3) is 0.412. The molecule has 1 fully saturated rings. The van der Waals surface area contributed by atoms with E-state index in [4.69, 9.17) is 17.3 Å². The largest absolute Gasteiger partial charge is 0.356 e. The van der Waals surface area contributed by atoms with Crippen LogP contribution in [0.5, 0.6) is 0 Å². The molecule has 2 N–H and O–H groups in total. The molecule has 5 heteroatoms. The Morgan fingerprint density at radius 2 is 1.86 bits per heavy atom. The Hall–Kier alpha value is -1.65. The standard InChI is InChI=1S/C17H21ClN4/c1-12(19)13-2-4-14(5-3-13)15-6-8-22(9-7-15)17-10-16(18)20-11-21-17/h2-5,10-12,15H,6-9,19H2,1H3. The zero-order valence-corrected chi connectivity index (χ0v) is 13.5. The summed E-state index contributed by atoms with van der Waals surface area (Å²) in [7, 11) is 0. The highest BCUT2D eigenvalue weighted by Crippen LogP contribution is 2.30. The molecular formula is C17H21ClN4. The van der Waals surface area contributed by atoms with Gasteiger partial charge in [-0.3, -0.25) is 0 Å². The molecule has 1 unspecified atom stereocenters. The molecule has 3 rings (SSSR count). The third-order valence-electron chi connectivity index (χ3n) is 4.37. The van der Waals surface area contributed by atoms with Crippen LogP contribution in [0, 0.1) is 0 Å². The predicted octanol–water partition coefficient (Wildman–Crippen LogP) is 3.53. The maximum Gasteiger partial charge on any atom is 0.134 e. The average molecular weight is 317 g/mol. The van der Waals surface area contributed by atoms with Gasteiger partial charge in [-0.15, -0.1) is 0 Å². The van der Waals surface area contributed by atoms with Gasteiger partial charge in [-0.05, 0) is 36.8 Å². The highest BCUT2D eigenvalue weighted by molar-refractivity contribution is 6.29. The molecule has 1 aromatic carbocycles. The number of hydrogen-bond acceptors (Lipinski definition) is 4. The maximum absolute atomic E-state index is 5.94. The lowest BCUT2D eigenvalue weighted by atomic mass is 9.88. The van der Waals surface area contributed by atoms with Crippen LogP contribution >= 0.6 is 11.6 Å². The van der Waals surface area contributed by atoms with Gasteiger partial charge in [0.15, 0.2) is 0 Å². The lowest BCUT2D eigenvalue weighted by molar-refractivity contribution is 0.502. The van der Waals surface area contributed by atoms with Crippen molar-refractivity contribution in [1.82, 2.24) is 9.97 Å². The zero-order chi connectivity index (χ0) is 15.5. The molecular weight excluding hydrogens is 296 g/mol. The monoisotopic (exact) mass is 316 g/mol. The van der Waals surface area contributed by atoms with Gasteiger partial charge in [0.25, 0.3) is 0 Å². The fourth-order valence-corrected chi connectivity index (χ4v) is 3.15. The summed E-state index contributed by atoms with van der Waals surface area (Å²) in [6, 6.07) is 10.7. The molecule has 2 aromatic rings. The molecule has 1 aliphatic heterocycles. The maximum atomic E-state index is 5.94. The van der Waals surface area contributed by atoms with E-state index in [9.17, 15) is 0 Å². The second kappa shape index (κ2) is 6.63. The number of piperidine rings is 1. The van der Waals surface area contributed by atoms with Gasteiger partial charge in [0.1, 0.15) is 17.3 Å². The molecule has 0 radical (unpaired) electrons. The number of nitrogens with zero attached hydrogens (tertiary/aromatic N) is 3. The summed E-state index contributed by atoms with van der Waals surface area (Å²) < 4.78 is 0. The number of anilines is 1. The third kappa shape index (κ3) is 3.39. The van der Waals surface area contributed by atoms with Gasteiger partial charge < -0.3 is 10.6 Å². The van der Waals surface area contributed by atoms with E-state index in [0.717, 1.165) is 31.7 Å². The Morgan fingerprint density at radius 3 is 2.45 bits per heavy atom. The molecule has 0 bridgehead atoms. The van der Waals surface area contributed by atoms with Crippen LogP contribution in [0.15, 0.2) is 36.7 Å². The number of halogens is 1. The normalized spacial score (nSPS) is 17.5. The Morgan fingerprint density at radius 1 is 1.18 bits per heavy atom. The van der Waals surface area contributed by atoms with Crippen LogP contribution in [0.1, 0.15) is 42.9 Å². The Kier molecular flexibility index (Phi) is 4.60. The summed E-state index contributed by atoms with van der Waals surface area (Å²) in [5, 5.41) is 0.499. The highest BCUT2D eigenvalue weighted by Gasteiger charge is 2.21. The van der Waals surface area contributed by atoms with Crippen molar-refractivity contribution in [2.24, 2.45) is 5.73 Å². The van der Waals surface area contributed by atoms with Crippen molar-refractivity contribution in [1.29, 1.82) is 0 Å². The second-order valence-electron chi connectivity index (χ2n) is 5.92. The van der Waals surface area contributed by atoms with Gasteiger partial charge >= 0.3 is 0 Å². The van der Waals surface area contributed by atoms with Crippen molar-refractivity contribution in [2.75, 3.05) is 18.0 Å². The Balaban J connectivity index is 1.64. The smallest absolute Gasteiger partial charge is 0.134 e. The minimum Gasteiger partial charge on any atom is -0.356 e. The van der Waals surface area contributed by atoms with Crippen LogP contribution in [-0.4, -0.2) is 23.1 Å². The number of nitrogens with two attached hydrogens (primary N) is 1. The Labute approximate surface area is 136 Å². The van der Waals surface area contributed by atoms with Gasteiger partial charge in [-0.1, -0.05) is 35.9 Å². The zero-order valence-electron chi connectivity index (χ0n) is 12.7. The summed E-state index contributed by atoms with van der Waals surface area (Å²) in [5.41, 5.74) is 8.51. The first-order chi connectivity index (χ1) is 10.6. The van der Waals surface area contributed by atoms with Crippen molar-refractivity contribution in [2.45, 2.75) is 31.7 Å². The van der Waals surface area contributed by atoms with Crippen molar-refractivity contribution in [3.63, 3.8) is 0 Å². The van der Waals surface area contributed by atoms with Crippen molar-refractivity contribution in [3.05, 3.63) is 52.9 Å². The topological polar surface area (TPSA) is 55.0 Å². The average Bonchev–Trinajstić information content (AvgIpc) is 2.55. The van der Waals surface area contributed by atoms with E-state index in [1.807, 2.05) is 13.0 Å². The van der Waals surface area contributed by atoms with E-state index in [1.54, 1.807) is 0 Å². The van der Waals surface area contributed by atoms with E-state index in [1.165, 1.54) is 17.5 Å². The first kappa shape index (κ1) is 15.3. The van der Waals surface area contributed by atoms with Crippen molar-refractivity contribution in [3.8, 4) is 0 Å². The van der Waals surface area contributed by atoms with Crippen LogP contribution in [-0.2, 0) is 0 Å². The molecule has 1 saturated heterocycles. The molecule has 0 amide bonds. The minimum atomic E-state index is 0.0958. The molecule has 0 saturated carbocycles. The summed E-state index contributed by atoms with van der Waals surface area (Å²) in [6.07, 6.45) is 3.77. The molecule has 1 atom stereocenters. The number of hydrogen-bond donors (Lipinski definition) is 1. The second-order valence-corrected chi connectivity index (χ2v) is 6.30. The van der Waals surface area contributed by atoms with E-state index < -0.39 is 0 Å². The summed E-state index contributed by atoms with van der Waals surface area (Å²) >= 11 is 5.94. The van der Waals surface area contributed by atoms with Crippen molar-refractivity contribution >= 4 is 17.4 Å². The fourth-order valence-electron chi connectivity index (χ4n) is 3.01. The van der Waals surface area contributed by atoms with Crippen LogP contribution in [0.2, 0.25) is 5.15 Å². The number of benzene rings is 1. The van der Waals surface area contributed by atoms with E-state index >= 15 is 0 Å². The molecule has 2 heterocycles. The first-order valence-corrected chi connectivity index (χ1v) is 8.09. The summed E-state index contributed by atoms with van der Waals surface area (Å²) in [5.74, 6) is 1.53. The molecule has 4 nitrogen and oxygen atoms in total. The molecule has 116 valence electrons.